The van der Waals surface area contributed by atoms with Crippen LogP contribution in [0, 0.1) is 6.92 Å². The van der Waals surface area contributed by atoms with Gasteiger partial charge in [-0.2, -0.15) is 0 Å². The second-order valence-electron chi connectivity index (χ2n) is 15.3. The number of fused-ring (bicyclic) bond motifs is 3. The number of benzene rings is 7. The van der Waals surface area contributed by atoms with E-state index in [0.717, 1.165) is 63.8 Å². The summed E-state index contributed by atoms with van der Waals surface area (Å²) in [6.45, 7) is 3.82. The Morgan fingerprint density at radius 3 is 0.967 bits per heavy atom. The van der Waals surface area contributed by atoms with E-state index in [9.17, 15) is 17.6 Å². The molecule has 60 heavy (non-hydrogen) atoms. The molecule has 0 atom stereocenters. The van der Waals surface area contributed by atoms with Crippen LogP contribution >= 0.6 is 0 Å². The summed E-state index contributed by atoms with van der Waals surface area (Å²) in [7, 11) is 0. The zero-order chi connectivity index (χ0) is 41.3. The Balaban J connectivity index is 1.28. The third-order valence-corrected chi connectivity index (χ3v) is 10.9. The van der Waals surface area contributed by atoms with E-state index in [1.807, 2.05) is 107 Å². The minimum absolute atomic E-state index is 0.0916. The van der Waals surface area contributed by atoms with Crippen LogP contribution < -0.4 is 0 Å². The van der Waals surface area contributed by atoms with E-state index in [-0.39, 0.29) is 11.1 Å². The molecule has 0 aliphatic carbocycles. The zero-order valence-electron chi connectivity index (χ0n) is 32.8. The highest BCUT2D eigenvalue weighted by molar-refractivity contribution is 5.90. The number of hydrogen-bond acceptors (Lipinski definition) is 3. The van der Waals surface area contributed by atoms with Crippen molar-refractivity contribution in [3.8, 4) is 51.2 Å². The maximum atomic E-state index is 14.4. The number of aromatic nitrogens is 6. The van der Waals surface area contributed by atoms with Crippen LogP contribution in [0.5, 0.6) is 0 Å². The van der Waals surface area contributed by atoms with Crippen molar-refractivity contribution >= 4 is 33.1 Å². The second-order valence-corrected chi connectivity index (χ2v) is 15.3. The number of imidazole rings is 3. The van der Waals surface area contributed by atoms with E-state index in [0.29, 0.717) is 40.0 Å². The van der Waals surface area contributed by atoms with E-state index in [4.69, 9.17) is 15.0 Å². The van der Waals surface area contributed by atoms with Gasteiger partial charge in [0.1, 0.15) is 17.5 Å². The summed E-state index contributed by atoms with van der Waals surface area (Å²) < 4.78 is 63.8. The summed E-state index contributed by atoms with van der Waals surface area (Å²) in [6, 6.07) is 50.4. The van der Waals surface area contributed by atoms with Gasteiger partial charge in [0, 0.05) is 58.7 Å². The fraction of sp³-hybridized carbons (Fsp3) is 0.100. The standard InChI is InChI=1S/C50H36F4N6/c1-31-16-22-37(23-17-31)58-43-13-7-4-10-40(43)55-46(58)32-28-33(47-56-41-11-5-8-14-44(41)59(47)38-24-18-35(19-25-38)49(2,51)52)30-34(29-32)48-57-42-12-6-9-15-45(42)60(48)39-26-20-36(21-27-39)50(3,53)54/h4-30H,1-3H3. The van der Waals surface area contributed by atoms with Crippen LogP contribution in [0.1, 0.15) is 30.5 Å². The Bertz CT molecular complexity index is 3070. The average molecular weight is 797 g/mol. The molecule has 0 spiro atoms. The molecule has 0 bridgehead atoms. The zero-order valence-corrected chi connectivity index (χ0v) is 32.8. The smallest absolute Gasteiger partial charge is 0.270 e. The van der Waals surface area contributed by atoms with Gasteiger partial charge in [-0.1, -0.05) is 78.4 Å². The average Bonchev–Trinajstić information content (AvgIpc) is 3.96. The molecule has 294 valence electrons. The SMILES string of the molecule is Cc1ccc(-n2c(-c3cc(-c4nc5ccccc5n4-c4ccc(C(C)(F)F)cc4)cc(-c4nc5ccccc5n4-c4ccc(C(C)(F)F)cc4)c3)nc3ccccc32)cc1. The van der Waals surface area contributed by atoms with Gasteiger partial charge in [0.2, 0.25) is 0 Å². The third-order valence-electron chi connectivity index (χ3n) is 10.9. The molecule has 6 nitrogen and oxygen atoms in total. The van der Waals surface area contributed by atoms with Crippen LogP contribution in [-0.4, -0.2) is 28.7 Å². The number of para-hydroxylation sites is 6. The van der Waals surface area contributed by atoms with Crippen LogP contribution in [0.15, 0.2) is 164 Å². The molecule has 0 aliphatic rings. The molecule has 0 saturated carbocycles. The van der Waals surface area contributed by atoms with E-state index < -0.39 is 11.8 Å². The van der Waals surface area contributed by atoms with Gasteiger partial charge in [-0.3, -0.25) is 13.7 Å². The van der Waals surface area contributed by atoms with Gasteiger partial charge in [0.05, 0.1) is 33.1 Å². The van der Waals surface area contributed by atoms with Crippen molar-refractivity contribution in [3.63, 3.8) is 0 Å². The quantitative estimate of drug-likeness (QED) is 0.144. The fourth-order valence-corrected chi connectivity index (χ4v) is 7.96. The lowest BCUT2D eigenvalue weighted by atomic mass is 10.0. The molecule has 0 N–H and O–H groups in total. The van der Waals surface area contributed by atoms with Crippen molar-refractivity contribution in [3.05, 3.63) is 180 Å². The lowest BCUT2D eigenvalue weighted by Crippen LogP contribution is -2.07. The summed E-state index contributed by atoms with van der Waals surface area (Å²) in [5.41, 5.74) is 10.1. The fourth-order valence-electron chi connectivity index (χ4n) is 7.96. The summed E-state index contributed by atoms with van der Waals surface area (Å²) >= 11 is 0. The first-order valence-electron chi connectivity index (χ1n) is 19.5. The number of rotatable bonds is 8. The molecule has 0 unspecified atom stereocenters. The second kappa shape index (κ2) is 13.9. The first-order chi connectivity index (χ1) is 28.9. The third kappa shape index (κ3) is 6.41. The summed E-state index contributed by atoms with van der Waals surface area (Å²) in [5, 5.41) is 0. The molecule has 0 saturated heterocycles. The number of aryl methyl sites for hydroxylation is 1. The van der Waals surface area contributed by atoms with Crippen molar-refractivity contribution < 1.29 is 17.6 Å². The van der Waals surface area contributed by atoms with E-state index in [2.05, 4.69) is 28.8 Å². The maximum Gasteiger partial charge on any atom is 0.270 e. The number of alkyl halides is 4. The molecule has 0 amide bonds. The highest BCUT2D eigenvalue weighted by Crippen LogP contribution is 2.39. The minimum Gasteiger partial charge on any atom is -0.292 e. The monoisotopic (exact) mass is 796 g/mol. The van der Waals surface area contributed by atoms with E-state index in [1.165, 1.54) is 24.3 Å². The first kappa shape index (κ1) is 37.0. The van der Waals surface area contributed by atoms with E-state index >= 15 is 0 Å². The maximum absolute atomic E-state index is 14.4. The molecule has 3 aromatic heterocycles. The molecule has 3 heterocycles. The lowest BCUT2D eigenvalue weighted by molar-refractivity contribution is 0.0168. The molecule has 10 rings (SSSR count). The Morgan fingerprint density at radius 2 is 0.667 bits per heavy atom. The summed E-state index contributed by atoms with van der Waals surface area (Å²) in [5.74, 6) is -4.19. The van der Waals surface area contributed by atoms with Gasteiger partial charge in [0.15, 0.2) is 0 Å². The number of hydrogen-bond donors (Lipinski definition) is 0. The van der Waals surface area contributed by atoms with Crippen molar-refractivity contribution in [2.24, 2.45) is 0 Å². The lowest BCUT2D eigenvalue weighted by Gasteiger charge is -2.16. The van der Waals surface area contributed by atoms with Crippen molar-refractivity contribution in [1.29, 1.82) is 0 Å². The summed E-state index contributed by atoms with van der Waals surface area (Å²) in [6.07, 6.45) is 0. The Morgan fingerprint density at radius 1 is 0.383 bits per heavy atom. The Labute approximate surface area is 342 Å². The molecule has 0 radical (unpaired) electrons. The first-order valence-corrected chi connectivity index (χ1v) is 19.5. The predicted molar refractivity (Wildman–Crippen MR) is 231 cm³/mol. The van der Waals surface area contributed by atoms with Gasteiger partial charge in [-0.05, 0) is 97.9 Å². The van der Waals surface area contributed by atoms with Crippen LogP contribution in [0.2, 0.25) is 0 Å². The Hall–Kier alpha value is -7.33. The van der Waals surface area contributed by atoms with Crippen LogP contribution in [0.3, 0.4) is 0 Å². The van der Waals surface area contributed by atoms with Gasteiger partial charge in [-0.25, -0.2) is 32.5 Å². The number of halogens is 4. The van der Waals surface area contributed by atoms with Gasteiger partial charge < -0.3 is 0 Å². The largest absolute Gasteiger partial charge is 0.292 e. The molecular formula is C50H36F4N6. The molecule has 10 aromatic rings. The minimum atomic E-state index is -3.01. The van der Waals surface area contributed by atoms with Gasteiger partial charge in [0.25, 0.3) is 11.8 Å². The molecule has 0 aliphatic heterocycles. The predicted octanol–water partition coefficient (Wildman–Crippen LogP) is 13.2. The van der Waals surface area contributed by atoms with Crippen LogP contribution in [0.25, 0.3) is 84.3 Å². The van der Waals surface area contributed by atoms with Gasteiger partial charge in [-0.15, -0.1) is 0 Å². The normalized spacial score (nSPS) is 12.2. The van der Waals surface area contributed by atoms with Crippen LogP contribution in [0.4, 0.5) is 17.6 Å². The summed E-state index contributed by atoms with van der Waals surface area (Å²) in [4.78, 5) is 15.6. The highest BCUT2D eigenvalue weighted by Gasteiger charge is 2.27. The molecular weight excluding hydrogens is 761 g/mol. The van der Waals surface area contributed by atoms with Crippen molar-refractivity contribution in [1.82, 2.24) is 28.7 Å². The topological polar surface area (TPSA) is 53.5 Å². The molecule has 0 fully saturated rings. The number of nitrogens with zero attached hydrogens (tertiary/aromatic N) is 6. The molecule has 10 heteroatoms. The van der Waals surface area contributed by atoms with Gasteiger partial charge >= 0.3 is 0 Å². The Kier molecular flexibility index (Phi) is 8.57. The van der Waals surface area contributed by atoms with E-state index in [1.54, 1.807) is 24.3 Å². The van der Waals surface area contributed by atoms with Crippen LogP contribution in [-0.2, 0) is 11.8 Å². The molecule has 7 aromatic carbocycles. The van der Waals surface area contributed by atoms with Crippen molar-refractivity contribution in [2.45, 2.75) is 32.6 Å². The van der Waals surface area contributed by atoms with Crippen molar-refractivity contribution in [2.75, 3.05) is 0 Å². The highest BCUT2D eigenvalue weighted by atomic mass is 19.3.